The fraction of sp³-hybridized carbons (Fsp3) is 0.538. The minimum atomic E-state index is -0.582. The number of nitrogens with two attached hydrogens (primary N) is 1. The van der Waals surface area contributed by atoms with Crippen LogP contribution < -0.4 is 15.2 Å². The highest BCUT2D eigenvalue weighted by atomic mass is 35.5. The number of halogens is 1. The molecule has 0 aliphatic rings. The van der Waals surface area contributed by atoms with Crippen LogP contribution in [0.4, 0.5) is 0 Å². The van der Waals surface area contributed by atoms with E-state index in [9.17, 15) is 0 Å². The molecule has 0 fully saturated rings. The average molecular weight is 258 g/mol. The van der Waals surface area contributed by atoms with Crippen molar-refractivity contribution < 1.29 is 9.47 Å². The van der Waals surface area contributed by atoms with E-state index < -0.39 is 5.54 Å². The number of benzene rings is 1. The first kappa shape index (κ1) is 14.1. The molecule has 1 rings (SSSR count). The lowest BCUT2D eigenvalue weighted by Crippen LogP contribution is -2.30. The van der Waals surface area contributed by atoms with E-state index >= 15 is 0 Å². The summed E-state index contributed by atoms with van der Waals surface area (Å²) in [6.07, 6.45) is 0.822. The predicted octanol–water partition coefficient (Wildman–Crippen LogP) is 3.11. The predicted molar refractivity (Wildman–Crippen MR) is 71.1 cm³/mol. The van der Waals surface area contributed by atoms with E-state index in [0.29, 0.717) is 16.5 Å². The summed E-state index contributed by atoms with van der Waals surface area (Å²) in [5.74, 6) is 1.28. The Kier molecular flexibility index (Phi) is 4.28. The summed E-state index contributed by atoms with van der Waals surface area (Å²) in [5.41, 5.74) is 7.38. The van der Waals surface area contributed by atoms with Crippen LogP contribution in [-0.4, -0.2) is 14.2 Å². The van der Waals surface area contributed by atoms with Gasteiger partial charge < -0.3 is 15.2 Å². The van der Waals surface area contributed by atoms with Crippen molar-refractivity contribution in [2.45, 2.75) is 32.7 Å². The number of aryl methyl sites for hydroxylation is 1. The number of hydrogen-bond donors (Lipinski definition) is 1. The van der Waals surface area contributed by atoms with Crippen LogP contribution in [0.15, 0.2) is 6.07 Å². The van der Waals surface area contributed by atoms with E-state index in [0.717, 1.165) is 17.5 Å². The SMILES string of the molecule is CCc1cc(OC)c(OC)c(C(C)(C)N)c1Cl. The number of rotatable bonds is 4. The Morgan fingerprint density at radius 2 is 1.88 bits per heavy atom. The first-order valence-corrected chi connectivity index (χ1v) is 5.97. The zero-order valence-electron chi connectivity index (χ0n) is 11.1. The van der Waals surface area contributed by atoms with Gasteiger partial charge in [-0.05, 0) is 31.9 Å². The molecule has 0 radical (unpaired) electrons. The maximum Gasteiger partial charge on any atom is 0.167 e. The molecule has 0 saturated heterocycles. The van der Waals surface area contributed by atoms with Gasteiger partial charge in [-0.25, -0.2) is 0 Å². The van der Waals surface area contributed by atoms with Crippen molar-refractivity contribution >= 4 is 11.6 Å². The van der Waals surface area contributed by atoms with Crippen molar-refractivity contribution in [2.75, 3.05) is 14.2 Å². The highest BCUT2D eigenvalue weighted by Crippen LogP contribution is 2.43. The first-order chi connectivity index (χ1) is 7.86. The summed E-state index contributed by atoms with van der Waals surface area (Å²) >= 11 is 6.39. The Hall–Kier alpha value is -0.930. The summed E-state index contributed by atoms with van der Waals surface area (Å²) in [7, 11) is 3.20. The van der Waals surface area contributed by atoms with Gasteiger partial charge in [-0.2, -0.15) is 0 Å². The molecule has 17 heavy (non-hydrogen) atoms. The Bertz CT molecular complexity index is 411. The Labute approximate surface area is 108 Å². The molecule has 0 unspecified atom stereocenters. The minimum absolute atomic E-state index is 0.582. The van der Waals surface area contributed by atoms with Gasteiger partial charge in [0.25, 0.3) is 0 Å². The van der Waals surface area contributed by atoms with Crippen LogP contribution in [0.5, 0.6) is 11.5 Å². The molecule has 0 amide bonds. The third kappa shape index (κ3) is 2.67. The van der Waals surface area contributed by atoms with Gasteiger partial charge in [0, 0.05) is 11.1 Å². The topological polar surface area (TPSA) is 44.5 Å². The second kappa shape index (κ2) is 5.15. The highest BCUT2D eigenvalue weighted by Gasteiger charge is 2.27. The van der Waals surface area contributed by atoms with Gasteiger partial charge in [0.2, 0.25) is 0 Å². The summed E-state index contributed by atoms with van der Waals surface area (Å²) in [6.45, 7) is 5.84. The lowest BCUT2D eigenvalue weighted by molar-refractivity contribution is 0.343. The molecular formula is C13H20ClNO2. The second-order valence-electron chi connectivity index (χ2n) is 4.54. The van der Waals surface area contributed by atoms with Crippen LogP contribution in [0.3, 0.4) is 0 Å². The van der Waals surface area contributed by atoms with Crippen molar-refractivity contribution in [3.05, 3.63) is 22.2 Å². The smallest absolute Gasteiger partial charge is 0.167 e. The molecule has 1 aromatic carbocycles. The number of hydrogen-bond acceptors (Lipinski definition) is 3. The molecular weight excluding hydrogens is 238 g/mol. The molecule has 96 valence electrons. The molecule has 4 heteroatoms. The third-order valence-electron chi connectivity index (χ3n) is 2.71. The molecule has 0 atom stereocenters. The summed E-state index contributed by atoms with van der Waals surface area (Å²) in [4.78, 5) is 0. The summed E-state index contributed by atoms with van der Waals surface area (Å²) < 4.78 is 10.7. The molecule has 3 nitrogen and oxygen atoms in total. The fourth-order valence-electron chi connectivity index (χ4n) is 1.86. The van der Waals surface area contributed by atoms with Crippen LogP contribution in [0, 0.1) is 0 Å². The summed E-state index contributed by atoms with van der Waals surface area (Å²) in [5, 5.41) is 0.664. The maximum absolute atomic E-state index is 6.39. The van der Waals surface area contributed by atoms with Gasteiger partial charge in [-0.3, -0.25) is 0 Å². The first-order valence-electron chi connectivity index (χ1n) is 5.59. The van der Waals surface area contributed by atoms with Crippen molar-refractivity contribution in [3.8, 4) is 11.5 Å². The van der Waals surface area contributed by atoms with Crippen LogP contribution in [0.2, 0.25) is 5.02 Å². The van der Waals surface area contributed by atoms with Crippen LogP contribution in [-0.2, 0) is 12.0 Å². The van der Waals surface area contributed by atoms with Crippen LogP contribution in [0.1, 0.15) is 31.9 Å². The molecule has 0 heterocycles. The monoisotopic (exact) mass is 257 g/mol. The average Bonchev–Trinajstić information content (AvgIpc) is 2.26. The number of ether oxygens (including phenoxy) is 2. The third-order valence-corrected chi connectivity index (χ3v) is 3.14. The Morgan fingerprint density at radius 1 is 1.29 bits per heavy atom. The van der Waals surface area contributed by atoms with Crippen LogP contribution >= 0.6 is 11.6 Å². The lowest BCUT2D eigenvalue weighted by atomic mass is 9.91. The normalized spacial score (nSPS) is 11.5. The highest BCUT2D eigenvalue weighted by molar-refractivity contribution is 6.32. The quantitative estimate of drug-likeness (QED) is 0.901. The molecule has 0 saturated carbocycles. The van der Waals surface area contributed by atoms with Crippen molar-refractivity contribution in [1.82, 2.24) is 0 Å². The molecule has 0 aliphatic heterocycles. The maximum atomic E-state index is 6.39. The van der Waals surface area contributed by atoms with Gasteiger partial charge in [-0.1, -0.05) is 18.5 Å². The Balaban J connectivity index is 3.62. The zero-order chi connectivity index (χ0) is 13.2. The minimum Gasteiger partial charge on any atom is -0.493 e. The largest absolute Gasteiger partial charge is 0.493 e. The van der Waals surface area contributed by atoms with E-state index in [1.165, 1.54) is 0 Å². The van der Waals surface area contributed by atoms with Gasteiger partial charge in [-0.15, -0.1) is 0 Å². The Morgan fingerprint density at radius 3 is 2.24 bits per heavy atom. The van der Waals surface area contributed by atoms with E-state index in [-0.39, 0.29) is 0 Å². The molecule has 0 bridgehead atoms. The second-order valence-corrected chi connectivity index (χ2v) is 4.91. The van der Waals surface area contributed by atoms with Gasteiger partial charge in [0.05, 0.1) is 19.2 Å². The van der Waals surface area contributed by atoms with Gasteiger partial charge in [0.1, 0.15) is 0 Å². The lowest BCUT2D eigenvalue weighted by Gasteiger charge is -2.26. The van der Waals surface area contributed by atoms with Crippen molar-refractivity contribution in [2.24, 2.45) is 5.73 Å². The fourth-order valence-corrected chi connectivity index (χ4v) is 2.38. The molecule has 0 spiro atoms. The number of methoxy groups -OCH3 is 2. The van der Waals surface area contributed by atoms with Crippen LogP contribution in [0.25, 0.3) is 0 Å². The molecule has 0 aromatic heterocycles. The summed E-state index contributed by atoms with van der Waals surface area (Å²) in [6, 6.07) is 1.90. The molecule has 0 aliphatic carbocycles. The van der Waals surface area contributed by atoms with Gasteiger partial charge >= 0.3 is 0 Å². The molecule has 2 N–H and O–H groups in total. The van der Waals surface area contributed by atoms with E-state index in [1.807, 2.05) is 26.8 Å². The van der Waals surface area contributed by atoms with E-state index in [4.69, 9.17) is 26.8 Å². The van der Waals surface area contributed by atoms with Crippen molar-refractivity contribution in [3.63, 3.8) is 0 Å². The molecule has 1 aromatic rings. The van der Waals surface area contributed by atoms with E-state index in [1.54, 1.807) is 14.2 Å². The van der Waals surface area contributed by atoms with Crippen molar-refractivity contribution in [1.29, 1.82) is 0 Å². The standard InChI is InChI=1S/C13H20ClNO2/c1-6-8-7-9(16-4)12(17-5)10(11(8)14)13(2,3)15/h7H,6,15H2,1-5H3. The van der Waals surface area contributed by atoms with E-state index in [2.05, 4.69) is 0 Å². The zero-order valence-corrected chi connectivity index (χ0v) is 11.8. The van der Waals surface area contributed by atoms with Gasteiger partial charge in [0.15, 0.2) is 11.5 Å².